The minimum Gasteiger partial charge on any atom is -0.215 e. The predicted octanol–water partition coefficient (Wildman–Crippen LogP) is 3.27. The lowest BCUT2D eigenvalue weighted by molar-refractivity contribution is 0.503. The number of halogens is 1. The summed E-state index contributed by atoms with van der Waals surface area (Å²) in [5.41, 5.74) is 0. The average Bonchev–Trinajstić information content (AvgIpc) is 2.71. The second kappa shape index (κ2) is 4.68. The molecule has 1 aliphatic rings. The fourth-order valence-electron chi connectivity index (χ4n) is 1.96. The Hall–Kier alpha value is 0.290. The lowest BCUT2D eigenvalue weighted by Gasteiger charge is -2.05. The fourth-order valence-corrected chi connectivity index (χ4v) is 3.27. The number of rotatable bonds is 3. The van der Waals surface area contributed by atoms with E-state index in [1.807, 2.05) is 0 Å². The number of aryl methyl sites for hydroxylation is 1. The van der Waals surface area contributed by atoms with Crippen molar-refractivity contribution in [2.45, 2.75) is 38.5 Å². The maximum absolute atomic E-state index is 4.37. The molecule has 72 valence electrons. The van der Waals surface area contributed by atoms with Crippen LogP contribution in [0, 0.1) is 9.75 Å². The summed E-state index contributed by atoms with van der Waals surface area (Å²) in [6, 6.07) is 0. The lowest BCUT2D eigenvalue weighted by atomic mass is 10.0. The maximum atomic E-state index is 4.37. The molecule has 0 spiro atoms. The van der Waals surface area contributed by atoms with Gasteiger partial charge in [0.2, 0.25) is 3.83 Å². The van der Waals surface area contributed by atoms with E-state index in [4.69, 9.17) is 0 Å². The van der Waals surface area contributed by atoms with E-state index in [1.165, 1.54) is 37.1 Å². The first-order chi connectivity index (χ1) is 6.34. The Labute approximate surface area is 96.5 Å². The van der Waals surface area contributed by atoms with Crippen LogP contribution in [0.5, 0.6) is 0 Å². The van der Waals surface area contributed by atoms with Gasteiger partial charge >= 0.3 is 0 Å². The van der Waals surface area contributed by atoms with Crippen molar-refractivity contribution in [3.05, 3.63) is 8.84 Å². The molecule has 0 unspecified atom stereocenters. The summed E-state index contributed by atoms with van der Waals surface area (Å²) in [6.07, 6.45) is 8.24. The maximum Gasteiger partial charge on any atom is 0.203 e. The highest BCUT2D eigenvalue weighted by molar-refractivity contribution is 14.1. The molecule has 0 N–H and O–H groups in total. The number of hydrogen-bond donors (Lipinski definition) is 0. The van der Waals surface area contributed by atoms with Crippen LogP contribution in [0.15, 0.2) is 0 Å². The molecule has 0 radical (unpaired) electrons. The molecule has 0 atom stereocenters. The zero-order chi connectivity index (χ0) is 9.10. The Morgan fingerprint density at radius 3 is 2.77 bits per heavy atom. The zero-order valence-corrected chi connectivity index (χ0v) is 10.5. The Morgan fingerprint density at radius 2 is 2.15 bits per heavy atom. The minimum atomic E-state index is 0.907. The van der Waals surface area contributed by atoms with Crippen LogP contribution in [0.4, 0.5) is 0 Å². The van der Waals surface area contributed by atoms with Crippen LogP contribution in [0.3, 0.4) is 0 Å². The summed E-state index contributed by atoms with van der Waals surface area (Å²) in [5.74, 6) is 0.974. The van der Waals surface area contributed by atoms with Gasteiger partial charge in [-0.2, -0.15) is 4.37 Å². The Bertz CT molecular complexity index is 268. The molecule has 0 aromatic carbocycles. The molecular formula is C9H13IN2S. The fraction of sp³-hybridized carbons (Fsp3) is 0.778. The zero-order valence-electron chi connectivity index (χ0n) is 7.50. The molecule has 1 heterocycles. The van der Waals surface area contributed by atoms with Crippen molar-refractivity contribution in [3.63, 3.8) is 0 Å². The standard InChI is InChI=1S/C9H13IN2S/c10-9-11-8(13-12-9)6-5-7-3-1-2-4-7/h7H,1-6H2. The third kappa shape index (κ3) is 2.87. The quantitative estimate of drug-likeness (QED) is 0.801. The molecule has 1 saturated carbocycles. The summed E-state index contributed by atoms with van der Waals surface area (Å²) in [5, 5.41) is 1.22. The van der Waals surface area contributed by atoms with Gasteiger partial charge in [0.1, 0.15) is 5.01 Å². The summed E-state index contributed by atoms with van der Waals surface area (Å²) < 4.78 is 5.09. The molecule has 1 aromatic rings. The second-order valence-electron chi connectivity index (χ2n) is 3.65. The van der Waals surface area contributed by atoms with E-state index in [9.17, 15) is 0 Å². The van der Waals surface area contributed by atoms with E-state index in [0.717, 1.165) is 16.2 Å². The molecule has 2 nitrogen and oxygen atoms in total. The van der Waals surface area contributed by atoms with Crippen LogP contribution in [0.25, 0.3) is 0 Å². The largest absolute Gasteiger partial charge is 0.215 e. The molecule has 2 rings (SSSR count). The molecule has 4 heteroatoms. The highest BCUT2D eigenvalue weighted by Gasteiger charge is 2.15. The molecule has 0 bridgehead atoms. The third-order valence-corrected chi connectivity index (χ3v) is 4.26. The van der Waals surface area contributed by atoms with Gasteiger partial charge < -0.3 is 0 Å². The van der Waals surface area contributed by atoms with Crippen molar-refractivity contribution >= 4 is 34.1 Å². The highest BCUT2D eigenvalue weighted by atomic mass is 127. The summed E-state index contributed by atoms with van der Waals surface area (Å²) in [6.45, 7) is 0. The van der Waals surface area contributed by atoms with Gasteiger partial charge in [-0.1, -0.05) is 25.7 Å². The van der Waals surface area contributed by atoms with Gasteiger partial charge in [-0.15, -0.1) is 0 Å². The summed E-state index contributed by atoms with van der Waals surface area (Å²) in [7, 11) is 0. The van der Waals surface area contributed by atoms with Crippen molar-refractivity contribution in [1.82, 2.24) is 9.36 Å². The van der Waals surface area contributed by atoms with Gasteiger partial charge in [0, 0.05) is 29.0 Å². The number of nitrogens with zero attached hydrogens (tertiary/aromatic N) is 2. The first-order valence-corrected chi connectivity index (χ1v) is 6.68. The van der Waals surface area contributed by atoms with E-state index in [1.54, 1.807) is 11.5 Å². The van der Waals surface area contributed by atoms with Crippen LogP contribution >= 0.6 is 34.1 Å². The van der Waals surface area contributed by atoms with E-state index < -0.39 is 0 Å². The summed E-state index contributed by atoms with van der Waals surface area (Å²) in [4.78, 5) is 4.37. The van der Waals surface area contributed by atoms with E-state index >= 15 is 0 Å². The number of hydrogen-bond acceptors (Lipinski definition) is 3. The first-order valence-electron chi connectivity index (χ1n) is 4.82. The Morgan fingerprint density at radius 1 is 1.38 bits per heavy atom. The number of aromatic nitrogens is 2. The minimum absolute atomic E-state index is 0.907. The molecule has 0 amide bonds. The van der Waals surface area contributed by atoms with Crippen LogP contribution < -0.4 is 0 Å². The first kappa shape index (κ1) is 9.83. The van der Waals surface area contributed by atoms with Gasteiger partial charge in [0.15, 0.2) is 0 Å². The summed E-state index contributed by atoms with van der Waals surface area (Å²) >= 11 is 3.74. The predicted molar refractivity (Wildman–Crippen MR) is 62.9 cm³/mol. The van der Waals surface area contributed by atoms with Gasteiger partial charge in [0.05, 0.1) is 0 Å². The average molecular weight is 308 g/mol. The van der Waals surface area contributed by atoms with E-state index in [-0.39, 0.29) is 0 Å². The second-order valence-corrected chi connectivity index (χ2v) is 5.45. The van der Waals surface area contributed by atoms with E-state index in [0.29, 0.717) is 0 Å². The molecule has 1 aromatic heterocycles. The molecule has 13 heavy (non-hydrogen) atoms. The molecule has 0 aliphatic heterocycles. The normalized spacial score (nSPS) is 18.2. The van der Waals surface area contributed by atoms with Crippen LogP contribution in [0.2, 0.25) is 0 Å². The Kier molecular flexibility index (Phi) is 3.54. The van der Waals surface area contributed by atoms with Crippen molar-refractivity contribution < 1.29 is 0 Å². The van der Waals surface area contributed by atoms with Crippen molar-refractivity contribution in [3.8, 4) is 0 Å². The van der Waals surface area contributed by atoms with Gasteiger partial charge in [-0.3, -0.25) is 0 Å². The van der Waals surface area contributed by atoms with Gasteiger partial charge in [-0.25, -0.2) is 4.98 Å². The SMILES string of the molecule is Ic1nsc(CCC2CCCC2)n1. The lowest BCUT2D eigenvalue weighted by Crippen LogP contribution is -1.95. The van der Waals surface area contributed by atoms with Gasteiger partial charge in [-0.05, 0) is 23.9 Å². The van der Waals surface area contributed by atoms with Crippen molar-refractivity contribution in [2.75, 3.05) is 0 Å². The van der Waals surface area contributed by atoms with Crippen LogP contribution in [0.1, 0.15) is 37.1 Å². The highest BCUT2D eigenvalue weighted by Crippen LogP contribution is 2.28. The monoisotopic (exact) mass is 308 g/mol. The topological polar surface area (TPSA) is 25.8 Å². The molecule has 1 fully saturated rings. The third-order valence-electron chi connectivity index (χ3n) is 2.68. The molecule has 1 aliphatic carbocycles. The molecule has 0 saturated heterocycles. The molecular weight excluding hydrogens is 295 g/mol. The van der Waals surface area contributed by atoms with Crippen molar-refractivity contribution in [1.29, 1.82) is 0 Å². The smallest absolute Gasteiger partial charge is 0.203 e. The van der Waals surface area contributed by atoms with Crippen LogP contribution in [-0.2, 0) is 6.42 Å². The Balaban J connectivity index is 1.78. The van der Waals surface area contributed by atoms with E-state index in [2.05, 4.69) is 31.9 Å². The van der Waals surface area contributed by atoms with Gasteiger partial charge in [0.25, 0.3) is 0 Å². The van der Waals surface area contributed by atoms with Crippen LogP contribution in [-0.4, -0.2) is 9.36 Å². The van der Waals surface area contributed by atoms with Crippen molar-refractivity contribution in [2.24, 2.45) is 5.92 Å².